The zero-order chi connectivity index (χ0) is 13.7. The van der Waals surface area contributed by atoms with Crippen molar-refractivity contribution in [1.29, 1.82) is 0 Å². The van der Waals surface area contributed by atoms with Gasteiger partial charge < -0.3 is 5.11 Å². The van der Waals surface area contributed by atoms with E-state index in [1.165, 1.54) is 5.56 Å². The van der Waals surface area contributed by atoms with Crippen LogP contribution in [0.15, 0.2) is 61.2 Å². The molecule has 2 nitrogen and oxygen atoms in total. The van der Waals surface area contributed by atoms with E-state index >= 15 is 0 Å². The van der Waals surface area contributed by atoms with E-state index in [-0.39, 0.29) is 0 Å². The first-order chi connectivity index (χ1) is 9.20. The van der Waals surface area contributed by atoms with Gasteiger partial charge in [-0.2, -0.15) is 0 Å². The maximum atomic E-state index is 10.8. The van der Waals surface area contributed by atoms with Crippen molar-refractivity contribution in [2.24, 2.45) is 0 Å². The molecule has 0 atom stereocenters. The van der Waals surface area contributed by atoms with Crippen molar-refractivity contribution in [2.75, 3.05) is 0 Å². The van der Waals surface area contributed by atoms with Crippen LogP contribution in [-0.4, -0.2) is 11.1 Å². The summed E-state index contributed by atoms with van der Waals surface area (Å²) in [6, 6.07) is 15.3. The van der Waals surface area contributed by atoms with Crippen LogP contribution >= 0.6 is 0 Å². The first kappa shape index (κ1) is 13.1. The molecule has 2 heteroatoms. The van der Waals surface area contributed by atoms with E-state index < -0.39 is 5.97 Å². The van der Waals surface area contributed by atoms with Crippen molar-refractivity contribution in [3.8, 4) is 11.1 Å². The smallest absolute Gasteiger partial charge is 0.335 e. The Bertz CT molecular complexity index is 565. The van der Waals surface area contributed by atoms with Crippen LogP contribution in [-0.2, 0) is 6.42 Å². The summed E-state index contributed by atoms with van der Waals surface area (Å²) in [5.74, 6) is -0.897. The number of carbonyl (C=O) groups is 1. The van der Waals surface area contributed by atoms with Gasteiger partial charge in [0, 0.05) is 0 Å². The minimum absolute atomic E-state index is 0.311. The fourth-order valence-electron chi connectivity index (χ4n) is 1.94. The predicted octanol–water partition coefficient (Wildman–Crippen LogP) is 4.17. The molecule has 0 amide bonds. The summed E-state index contributed by atoms with van der Waals surface area (Å²) in [6.07, 6.45) is 3.90. The number of hydrogen-bond donors (Lipinski definition) is 1. The van der Waals surface area contributed by atoms with Gasteiger partial charge in [-0.3, -0.25) is 0 Å². The molecular weight excluding hydrogens is 236 g/mol. The molecule has 0 aliphatic rings. The largest absolute Gasteiger partial charge is 0.478 e. The zero-order valence-electron chi connectivity index (χ0n) is 10.7. The topological polar surface area (TPSA) is 37.3 Å². The fraction of sp³-hybridized carbons (Fsp3) is 0.118. The van der Waals surface area contributed by atoms with Crippen LogP contribution in [0.3, 0.4) is 0 Å². The minimum Gasteiger partial charge on any atom is -0.478 e. The van der Waals surface area contributed by atoms with Crippen molar-refractivity contribution in [3.05, 3.63) is 72.3 Å². The average Bonchev–Trinajstić information content (AvgIpc) is 2.46. The highest BCUT2D eigenvalue weighted by atomic mass is 16.4. The van der Waals surface area contributed by atoms with Crippen LogP contribution in [0.5, 0.6) is 0 Å². The first-order valence-electron chi connectivity index (χ1n) is 6.24. The third kappa shape index (κ3) is 3.32. The highest BCUT2D eigenvalue weighted by Gasteiger charge is 2.03. The third-order valence-electron chi connectivity index (χ3n) is 3.06. The van der Waals surface area contributed by atoms with Crippen molar-refractivity contribution in [3.63, 3.8) is 0 Å². The molecule has 19 heavy (non-hydrogen) atoms. The zero-order valence-corrected chi connectivity index (χ0v) is 10.7. The molecule has 0 radical (unpaired) electrons. The lowest BCUT2D eigenvalue weighted by Crippen LogP contribution is -1.94. The van der Waals surface area contributed by atoms with Crippen LogP contribution in [0.25, 0.3) is 11.1 Å². The molecule has 0 aliphatic carbocycles. The molecule has 0 aliphatic heterocycles. The molecule has 0 unspecified atom stereocenters. The Morgan fingerprint density at radius 3 is 2.00 bits per heavy atom. The van der Waals surface area contributed by atoms with Gasteiger partial charge in [-0.25, -0.2) is 4.79 Å². The summed E-state index contributed by atoms with van der Waals surface area (Å²) in [6.45, 7) is 3.72. The lowest BCUT2D eigenvalue weighted by atomic mass is 10.0. The Kier molecular flexibility index (Phi) is 4.14. The SMILES string of the molecule is C=CCCc1ccc(-c2ccc(C(=O)O)cc2)cc1. The van der Waals surface area contributed by atoms with Crippen molar-refractivity contribution in [2.45, 2.75) is 12.8 Å². The Hall–Kier alpha value is -2.35. The van der Waals surface area contributed by atoms with Crippen molar-refractivity contribution < 1.29 is 9.90 Å². The van der Waals surface area contributed by atoms with Crippen LogP contribution in [0, 0.1) is 0 Å². The van der Waals surface area contributed by atoms with Crippen LogP contribution < -0.4 is 0 Å². The molecule has 0 spiro atoms. The Balaban J connectivity index is 2.17. The van der Waals surface area contributed by atoms with E-state index in [1.807, 2.05) is 18.2 Å². The highest BCUT2D eigenvalue weighted by Crippen LogP contribution is 2.20. The normalized spacial score (nSPS) is 10.1. The number of carboxylic acid groups (broad SMARTS) is 1. The second-order valence-corrected chi connectivity index (χ2v) is 4.41. The maximum Gasteiger partial charge on any atom is 0.335 e. The molecule has 2 aromatic carbocycles. The van der Waals surface area contributed by atoms with Crippen LogP contribution in [0.4, 0.5) is 0 Å². The molecule has 2 aromatic rings. The lowest BCUT2D eigenvalue weighted by molar-refractivity contribution is 0.0697. The Morgan fingerprint density at radius 2 is 1.53 bits per heavy atom. The van der Waals surface area contributed by atoms with E-state index in [0.29, 0.717) is 5.56 Å². The lowest BCUT2D eigenvalue weighted by Gasteiger charge is -2.04. The number of aromatic carboxylic acids is 1. The molecule has 0 heterocycles. The molecule has 0 fully saturated rings. The van der Waals surface area contributed by atoms with E-state index in [9.17, 15) is 4.79 Å². The number of hydrogen-bond acceptors (Lipinski definition) is 1. The van der Waals surface area contributed by atoms with Gasteiger partial charge in [-0.1, -0.05) is 42.5 Å². The second kappa shape index (κ2) is 6.01. The van der Waals surface area contributed by atoms with Gasteiger partial charge in [0.1, 0.15) is 0 Å². The highest BCUT2D eigenvalue weighted by molar-refractivity contribution is 5.88. The van der Waals surface area contributed by atoms with Gasteiger partial charge in [0.2, 0.25) is 0 Å². The van der Waals surface area contributed by atoms with E-state index in [1.54, 1.807) is 12.1 Å². The third-order valence-corrected chi connectivity index (χ3v) is 3.06. The predicted molar refractivity (Wildman–Crippen MR) is 77.4 cm³/mol. The van der Waals surface area contributed by atoms with Gasteiger partial charge >= 0.3 is 5.97 Å². The summed E-state index contributed by atoms with van der Waals surface area (Å²) in [4.78, 5) is 10.8. The standard InChI is InChI=1S/C17H16O2/c1-2-3-4-13-5-7-14(8-6-13)15-9-11-16(12-10-15)17(18)19/h2,5-12H,1,3-4H2,(H,18,19). The average molecular weight is 252 g/mol. The second-order valence-electron chi connectivity index (χ2n) is 4.41. The van der Waals surface area contributed by atoms with Crippen LogP contribution in [0.2, 0.25) is 0 Å². The molecule has 0 saturated carbocycles. The summed E-state index contributed by atoms with van der Waals surface area (Å²) >= 11 is 0. The number of rotatable bonds is 5. The summed E-state index contributed by atoms with van der Waals surface area (Å²) in [7, 11) is 0. The molecule has 96 valence electrons. The molecular formula is C17H16O2. The van der Waals surface area contributed by atoms with Gasteiger partial charge in [-0.15, -0.1) is 6.58 Å². The fourth-order valence-corrected chi connectivity index (χ4v) is 1.94. The Labute approximate surface area is 113 Å². The van der Waals surface area contributed by atoms with E-state index in [4.69, 9.17) is 5.11 Å². The Morgan fingerprint density at radius 1 is 1.00 bits per heavy atom. The van der Waals surface area contributed by atoms with Gasteiger partial charge in [0.05, 0.1) is 5.56 Å². The van der Waals surface area contributed by atoms with Crippen LogP contribution in [0.1, 0.15) is 22.3 Å². The quantitative estimate of drug-likeness (QED) is 0.811. The van der Waals surface area contributed by atoms with E-state index in [0.717, 1.165) is 24.0 Å². The summed E-state index contributed by atoms with van der Waals surface area (Å²) in [5, 5.41) is 8.86. The summed E-state index contributed by atoms with van der Waals surface area (Å²) in [5.41, 5.74) is 3.72. The number of aryl methyl sites for hydroxylation is 1. The monoisotopic (exact) mass is 252 g/mol. The van der Waals surface area contributed by atoms with Crippen molar-refractivity contribution >= 4 is 5.97 Å². The maximum absolute atomic E-state index is 10.8. The van der Waals surface area contributed by atoms with Gasteiger partial charge in [-0.05, 0) is 41.7 Å². The molecule has 0 aromatic heterocycles. The number of carboxylic acids is 1. The van der Waals surface area contributed by atoms with Crippen molar-refractivity contribution in [1.82, 2.24) is 0 Å². The molecule has 0 bridgehead atoms. The van der Waals surface area contributed by atoms with E-state index in [2.05, 4.69) is 30.8 Å². The first-order valence-corrected chi connectivity index (χ1v) is 6.24. The molecule has 1 N–H and O–H groups in total. The molecule has 0 saturated heterocycles. The minimum atomic E-state index is -0.897. The summed E-state index contributed by atoms with van der Waals surface area (Å²) < 4.78 is 0. The molecule has 2 rings (SSSR count). The number of allylic oxidation sites excluding steroid dienone is 1. The van der Waals surface area contributed by atoms with Gasteiger partial charge in [0.15, 0.2) is 0 Å². The number of benzene rings is 2. The van der Waals surface area contributed by atoms with Gasteiger partial charge in [0.25, 0.3) is 0 Å².